The van der Waals surface area contributed by atoms with Gasteiger partial charge in [0.05, 0.1) is 18.6 Å². The number of rotatable bonds is 3. The van der Waals surface area contributed by atoms with E-state index in [9.17, 15) is 18.0 Å². The fourth-order valence-corrected chi connectivity index (χ4v) is 1.94. The van der Waals surface area contributed by atoms with Gasteiger partial charge in [-0.1, -0.05) is 18.2 Å². The lowest BCUT2D eigenvalue weighted by Crippen LogP contribution is -2.21. The maximum absolute atomic E-state index is 13.9. The number of hydrogen-bond donors (Lipinski definition) is 0. The zero-order valence-electron chi connectivity index (χ0n) is 9.12. The average molecular weight is 244 g/mol. The summed E-state index contributed by atoms with van der Waals surface area (Å²) in [5, 5.41) is 0. The molecule has 1 aromatic rings. The van der Waals surface area contributed by atoms with E-state index in [2.05, 4.69) is 4.74 Å². The third-order valence-corrected chi connectivity index (χ3v) is 2.99. The van der Waals surface area contributed by atoms with Crippen LogP contribution in [0.4, 0.5) is 13.2 Å². The predicted octanol–water partition coefficient (Wildman–Crippen LogP) is 2.73. The van der Waals surface area contributed by atoms with Gasteiger partial charge in [0.25, 0.3) is 5.92 Å². The van der Waals surface area contributed by atoms with Gasteiger partial charge < -0.3 is 4.74 Å². The molecule has 0 aliphatic heterocycles. The second-order valence-electron chi connectivity index (χ2n) is 4.07. The van der Waals surface area contributed by atoms with E-state index < -0.39 is 35.1 Å². The number of carbonyl (C=O) groups is 1. The van der Waals surface area contributed by atoms with Crippen molar-refractivity contribution in [2.24, 2.45) is 11.8 Å². The highest BCUT2D eigenvalue weighted by atomic mass is 19.3. The quantitative estimate of drug-likeness (QED) is 0.764. The van der Waals surface area contributed by atoms with Crippen molar-refractivity contribution in [3.05, 3.63) is 35.6 Å². The molecule has 0 amide bonds. The highest BCUT2D eigenvalue weighted by Crippen LogP contribution is 2.55. The molecule has 2 atom stereocenters. The van der Waals surface area contributed by atoms with Crippen LogP contribution in [-0.2, 0) is 15.5 Å². The van der Waals surface area contributed by atoms with Crippen LogP contribution in [0.2, 0.25) is 0 Å². The summed E-state index contributed by atoms with van der Waals surface area (Å²) in [4.78, 5) is 11.1. The minimum atomic E-state index is -3.33. The summed E-state index contributed by atoms with van der Waals surface area (Å²) in [7, 11) is 1.15. The smallest absolute Gasteiger partial charge is 0.309 e. The number of benzene rings is 1. The van der Waals surface area contributed by atoms with Crippen molar-refractivity contribution < 1.29 is 22.7 Å². The standard InChI is InChI=1S/C12H11F3O2/c1-17-11(16)7-6-9(7)12(14,15)8-4-2-3-5-10(8)13/h2-5,7,9H,6H2,1H3/t7-,9+/m0/s1. The molecule has 1 aliphatic rings. The molecule has 17 heavy (non-hydrogen) atoms. The summed E-state index contributed by atoms with van der Waals surface area (Å²) in [5.41, 5.74) is -0.656. The molecule has 1 aliphatic carbocycles. The molecule has 0 aromatic heterocycles. The van der Waals surface area contributed by atoms with Gasteiger partial charge in [0, 0.05) is 5.92 Å². The van der Waals surface area contributed by atoms with Crippen molar-refractivity contribution >= 4 is 5.97 Å². The molecule has 2 nitrogen and oxygen atoms in total. The molecule has 0 saturated heterocycles. The molecule has 0 spiro atoms. The van der Waals surface area contributed by atoms with Gasteiger partial charge in [-0.15, -0.1) is 0 Å². The fraction of sp³-hybridized carbons (Fsp3) is 0.417. The molecular weight excluding hydrogens is 233 g/mol. The second kappa shape index (κ2) is 4.05. The average Bonchev–Trinajstić information content (AvgIpc) is 3.09. The van der Waals surface area contributed by atoms with E-state index in [0.717, 1.165) is 19.2 Å². The highest BCUT2D eigenvalue weighted by molar-refractivity contribution is 5.75. The zero-order valence-corrected chi connectivity index (χ0v) is 9.12. The molecule has 0 bridgehead atoms. The SMILES string of the molecule is COC(=O)[C@H]1C[C@H]1C(F)(F)c1ccccc1F. The van der Waals surface area contributed by atoms with E-state index in [1.807, 2.05) is 0 Å². The lowest BCUT2D eigenvalue weighted by molar-refractivity contribution is -0.144. The number of carbonyl (C=O) groups excluding carboxylic acids is 1. The Morgan fingerprint density at radius 2 is 2.06 bits per heavy atom. The molecule has 0 heterocycles. The van der Waals surface area contributed by atoms with Gasteiger partial charge in [-0.2, -0.15) is 0 Å². The molecule has 1 fully saturated rings. The van der Waals surface area contributed by atoms with Crippen LogP contribution in [0.15, 0.2) is 24.3 Å². The molecule has 0 unspecified atom stereocenters. The first kappa shape index (κ1) is 12.0. The molecule has 0 radical (unpaired) electrons. The van der Waals surface area contributed by atoms with Gasteiger partial charge >= 0.3 is 5.97 Å². The molecule has 1 aromatic carbocycles. The maximum Gasteiger partial charge on any atom is 0.309 e. The monoisotopic (exact) mass is 244 g/mol. The molecule has 5 heteroatoms. The summed E-state index contributed by atoms with van der Waals surface area (Å²) in [6.07, 6.45) is 0.0357. The minimum Gasteiger partial charge on any atom is -0.469 e. The number of esters is 1. The Bertz CT molecular complexity index is 445. The Hall–Kier alpha value is -1.52. The number of hydrogen-bond acceptors (Lipinski definition) is 2. The van der Waals surface area contributed by atoms with E-state index in [0.29, 0.717) is 0 Å². The first-order valence-corrected chi connectivity index (χ1v) is 5.19. The second-order valence-corrected chi connectivity index (χ2v) is 4.07. The van der Waals surface area contributed by atoms with Crippen molar-refractivity contribution in [2.45, 2.75) is 12.3 Å². The number of methoxy groups -OCH3 is 1. The summed E-state index contributed by atoms with van der Waals surface area (Å²) >= 11 is 0. The Morgan fingerprint density at radius 3 is 2.65 bits per heavy atom. The van der Waals surface area contributed by atoms with Gasteiger partial charge in [0.15, 0.2) is 0 Å². The van der Waals surface area contributed by atoms with Crippen LogP contribution < -0.4 is 0 Å². The Balaban J connectivity index is 2.22. The van der Waals surface area contributed by atoms with E-state index in [1.54, 1.807) is 0 Å². The predicted molar refractivity (Wildman–Crippen MR) is 53.9 cm³/mol. The van der Waals surface area contributed by atoms with Crippen molar-refractivity contribution in [2.75, 3.05) is 7.11 Å². The van der Waals surface area contributed by atoms with Gasteiger partial charge in [0.2, 0.25) is 0 Å². The van der Waals surface area contributed by atoms with Crippen LogP contribution in [0.25, 0.3) is 0 Å². The number of ether oxygens (including phenoxy) is 1. The van der Waals surface area contributed by atoms with Crippen LogP contribution in [0.1, 0.15) is 12.0 Å². The molecule has 92 valence electrons. The van der Waals surface area contributed by atoms with Gasteiger partial charge in [-0.25, -0.2) is 13.2 Å². The summed E-state index contributed by atoms with van der Waals surface area (Å²) in [5.74, 6) is -6.93. The third-order valence-electron chi connectivity index (χ3n) is 2.99. The van der Waals surface area contributed by atoms with Gasteiger partial charge in [-0.3, -0.25) is 4.79 Å². The lowest BCUT2D eigenvalue weighted by Gasteiger charge is -2.17. The van der Waals surface area contributed by atoms with Crippen molar-refractivity contribution in [3.8, 4) is 0 Å². The lowest BCUT2D eigenvalue weighted by atomic mass is 10.0. The van der Waals surface area contributed by atoms with Crippen LogP contribution in [0.3, 0.4) is 0 Å². The van der Waals surface area contributed by atoms with E-state index >= 15 is 0 Å². The number of alkyl halides is 2. The number of halogens is 3. The normalized spacial score (nSPS) is 23.3. The van der Waals surface area contributed by atoms with Crippen molar-refractivity contribution in [3.63, 3.8) is 0 Å². The van der Waals surface area contributed by atoms with Gasteiger partial charge in [-0.05, 0) is 12.5 Å². The molecule has 0 N–H and O–H groups in total. The van der Waals surface area contributed by atoms with Crippen LogP contribution in [0.5, 0.6) is 0 Å². The Morgan fingerprint density at radius 1 is 1.41 bits per heavy atom. The minimum absolute atomic E-state index is 0.0357. The summed E-state index contributed by atoms with van der Waals surface area (Å²) in [6, 6.07) is 4.72. The molecule has 1 saturated carbocycles. The maximum atomic E-state index is 13.9. The topological polar surface area (TPSA) is 26.3 Å². The first-order chi connectivity index (χ1) is 7.98. The third kappa shape index (κ3) is 2.01. The van der Waals surface area contributed by atoms with Crippen LogP contribution >= 0.6 is 0 Å². The Labute approximate surface area is 96.4 Å². The van der Waals surface area contributed by atoms with E-state index in [1.165, 1.54) is 12.1 Å². The first-order valence-electron chi connectivity index (χ1n) is 5.19. The van der Waals surface area contributed by atoms with Crippen molar-refractivity contribution in [1.29, 1.82) is 0 Å². The van der Waals surface area contributed by atoms with E-state index in [4.69, 9.17) is 0 Å². The van der Waals surface area contributed by atoms with Crippen LogP contribution in [0, 0.1) is 17.7 Å². The van der Waals surface area contributed by atoms with Gasteiger partial charge in [0.1, 0.15) is 5.82 Å². The fourth-order valence-electron chi connectivity index (χ4n) is 1.94. The largest absolute Gasteiger partial charge is 0.469 e. The summed E-state index contributed by atoms with van der Waals surface area (Å²) in [6.45, 7) is 0. The van der Waals surface area contributed by atoms with Crippen LogP contribution in [-0.4, -0.2) is 13.1 Å². The molecular formula is C12H11F3O2. The Kier molecular flexibility index (Phi) is 2.85. The van der Waals surface area contributed by atoms with E-state index in [-0.39, 0.29) is 6.42 Å². The van der Waals surface area contributed by atoms with Crippen molar-refractivity contribution in [1.82, 2.24) is 0 Å². The summed E-state index contributed by atoms with van der Waals surface area (Å²) < 4.78 is 45.5. The zero-order chi connectivity index (χ0) is 12.6. The molecule has 2 rings (SSSR count). The highest BCUT2D eigenvalue weighted by Gasteiger charge is 2.60.